The Balaban J connectivity index is 1.66. The van der Waals surface area contributed by atoms with Crippen molar-refractivity contribution in [3.63, 3.8) is 0 Å². The molecule has 2 bridgehead atoms. The highest BCUT2D eigenvalue weighted by Crippen LogP contribution is 2.74. The quantitative estimate of drug-likeness (QED) is 0.715. The van der Waals surface area contributed by atoms with Crippen molar-refractivity contribution in [3.05, 3.63) is 0 Å². The monoisotopic (exact) mass is 362 g/mol. The molecule has 7 atom stereocenters. The van der Waals surface area contributed by atoms with E-state index >= 15 is 0 Å². The Hall–Kier alpha value is -0.570. The van der Waals surface area contributed by atoms with Gasteiger partial charge in [-0.3, -0.25) is 4.79 Å². The van der Waals surface area contributed by atoms with Crippen LogP contribution in [0.3, 0.4) is 0 Å². The average Bonchev–Trinajstić information content (AvgIpc) is 2.79. The van der Waals surface area contributed by atoms with Crippen molar-refractivity contribution < 1.29 is 14.6 Å². The van der Waals surface area contributed by atoms with Crippen LogP contribution in [0.25, 0.3) is 0 Å². The fourth-order valence-corrected chi connectivity index (χ4v) is 8.71. The molecule has 4 saturated carbocycles. The van der Waals surface area contributed by atoms with Crippen LogP contribution in [-0.2, 0) is 9.53 Å². The predicted octanol–water partition coefficient (Wildman–Crippen LogP) is 5.53. The van der Waals surface area contributed by atoms with Crippen LogP contribution in [0.5, 0.6) is 0 Å². The lowest BCUT2D eigenvalue weighted by molar-refractivity contribution is -0.181. The Bertz CT molecular complexity index is 588. The SMILES string of the molecule is CCOCC1(C)CC23CCC4C(C)(C(=O)O)CCCC4(C)C2CCC1C3. The van der Waals surface area contributed by atoms with Gasteiger partial charge in [0.25, 0.3) is 0 Å². The van der Waals surface area contributed by atoms with Gasteiger partial charge in [0, 0.05) is 6.61 Å². The van der Waals surface area contributed by atoms with Crippen LogP contribution < -0.4 is 0 Å². The van der Waals surface area contributed by atoms with Crippen molar-refractivity contribution in [3.8, 4) is 0 Å². The standard InChI is InChI=1S/C23H38O3/c1-5-26-15-20(2)14-23-12-9-17-21(3,18(23)8-7-16(20)13-23)10-6-11-22(17,4)19(24)25/h16-18H,5-15H2,1-4H3,(H,24,25). The lowest BCUT2D eigenvalue weighted by Crippen LogP contribution is -2.58. The Morgan fingerprint density at radius 1 is 1.08 bits per heavy atom. The van der Waals surface area contributed by atoms with E-state index in [2.05, 4.69) is 27.7 Å². The molecule has 7 unspecified atom stereocenters. The molecule has 3 heteroatoms. The molecular weight excluding hydrogens is 324 g/mol. The number of rotatable bonds is 4. The summed E-state index contributed by atoms with van der Waals surface area (Å²) in [5.41, 5.74) is 0.486. The largest absolute Gasteiger partial charge is 0.481 e. The highest BCUT2D eigenvalue weighted by atomic mass is 16.5. The van der Waals surface area contributed by atoms with Crippen LogP contribution in [0.15, 0.2) is 0 Å². The fourth-order valence-electron chi connectivity index (χ4n) is 8.71. The molecule has 0 heterocycles. The van der Waals surface area contributed by atoms with Crippen molar-refractivity contribution in [2.75, 3.05) is 13.2 Å². The minimum atomic E-state index is -0.550. The second-order valence-corrected chi connectivity index (χ2v) is 11.0. The maximum atomic E-state index is 12.2. The molecule has 0 aliphatic heterocycles. The molecule has 4 fully saturated rings. The number of carboxylic acid groups (broad SMARTS) is 1. The molecule has 1 N–H and O–H groups in total. The first-order valence-electron chi connectivity index (χ1n) is 11.0. The van der Waals surface area contributed by atoms with Gasteiger partial charge in [-0.2, -0.15) is 0 Å². The molecule has 1 spiro atoms. The molecule has 4 aliphatic rings. The molecule has 26 heavy (non-hydrogen) atoms. The molecule has 4 rings (SSSR count). The second kappa shape index (κ2) is 5.96. The fraction of sp³-hybridized carbons (Fsp3) is 0.957. The highest BCUT2D eigenvalue weighted by Gasteiger charge is 2.67. The normalized spacial score (nSPS) is 53.0. The maximum absolute atomic E-state index is 12.2. The van der Waals surface area contributed by atoms with E-state index in [1.807, 2.05) is 0 Å². The van der Waals surface area contributed by atoms with Crippen LogP contribution in [0.4, 0.5) is 0 Å². The minimum absolute atomic E-state index is 0.214. The summed E-state index contributed by atoms with van der Waals surface area (Å²) >= 11 is 0. The summed E-state index contributed by atoms with van der Waals surface area (Å²) in [7, 11) is 0. The summed E-state index contributed by atoms with van der Waals surface area (Å²) in [5.74, 6) is 1.32. The number of hydrogen-bond donors (Lipinski definition) is 1. The van der Waals surface area contributed by atoms with Gasteiger partial charge >= 0.3 is 5.97 Å². The molecule has 0 radical (unpaired) electrons. The zero-order valence-corrected chi connectivity index (χ0v) is 17.3. The molecule has 0 aromatic heterocycles. The summed E-state index contributed by atoms with van der Waals surface area (Å²) in [4.78, 5) is 12.2. The first-order chi connectivity index (χ1) is 12.2. The van der Waals surface area contributed by atoms with Crippen LogP contribution in [0.1, 0.15) is 85.5 Å². The molecule has 148 valence electrons. The Morgan fingerprint density at radius 2 is 1.85 bits per heavy atom. The topological polar surface area (TPSA) is 46.5 Å². The van der Waals surface area contributed by atoms with E-state index in [4.69, 9.17) is 4.74 Å². The van der Waals surface area contributed by atoms with Gasteiger partial charge in [-0.1, -0.05) is 20.3 Å². The summed E-state index contributed by atoms with van der Waals surface area (Å²) in [5, 5.41) is 10.0. The van der Waals surface area contributed by atoms with E-state index in [0.717, 1.165) is 38.4 Å². The summed E-state index contributed by atoms with van der Waals surface area (Å²) in [6, 6.07) is 0. The third-order valence-corrected chi connectivity index (χ3v) is 9.77. The van der Waals surface area contributed by atoms with Gasteiger partial charge in [-0.15, -0.1) is 0 Å². The van der Waals surface area contributed by atoms with E-state index in [0.29, 0.717) is 22.7 Å². The zero-order valence-electron chi connectivity index (χ0n) is 17.3. The molecule has 3 nitrogen and oxygen atoms in total. The summed E-state index contributed by atoms with van der Waals surface area (Å²) in [6.07, 6.45) is 10.9. The molecular formula is C23H38O3. The summed E-state index contributed by atoms with van der Waals surface area (Å²) in [6.45, 7) is 10.8. The molecule has 0 aromatic carbocycles. The number of hydrogen-bond acceptors (Lipinski definition) is 2. The van der Waals surface area contributed by atoms with Gasteiger partial charge in [0.15, 0.2) is 0 Å². The Kier molecular flexibility index (Phi) is 4.31. The van der Waals surface area contributed by atoms with Crippen molar-refractivity contribution in [2.45, 2.75) is 85.5 Å². The van der Waals surface area contributed by atoms with Gasteiger partial charge < -0.3 is 9.84 Å². The first kappa shape index (κ1) is 18.8. The van der Waals surface area contributed by atoms with Gasteiger partial charge in [-0.25, -0.2) is 0 Å². The van der Waals surface area contributed by atoms with Crippen LogP contribution in [0.2, 0.25) is 0 Å². The van der Waals surface area contributed by atoms with Crippen LogP contribution >= 0.6 is 0 Å². The van der Waals surface area contributed by atoms with Gasteiger partial charge in [0.2, 0.25) is 0 Å². The molecule has 0 saturated heterocycles. The molecule has 4 aliphatic carbocycles. The molecule has 0 amide bonds. The highest BCUT2D eigenvalue weighted by molar-refractivity contribution is 5.75. The maximum Gasteiger partial charge on any atom is 0.309 e. The zero-order chi connectivity index (χ0) is 18.8. The van der Waals surface area contributed by atoms with Crippen LogP contribution in [0, 0.1) is 39.4 Å². The lowest BCUT2D eigenvalue weighted by atomic mass is 9.41. The minimum Gasteiger partial charge on any atom is -0.481 e. The first-order valence-corrected chi connectivity index (χ1v) is 11.0. The Labute approximate surface area is 159 Å². The van der Waals surface area contributed by atoms with Gasteiger partial charge in [0.1, 0.15) is 0 Å². The van der Waals surface area contributed by atoms with Crippen molar-refractivity contribution >= 4 is 5.97 Å². The smallest absolute Gasteiger partial charge is 0.309 e. The van der Waals surface area contributed by atoms with E-state index < -0.39 is 11.4 Å². The third-order valence-electron chi connectivity index (χ3n) is 9.77. The van der Waals surface area contributed by atoms with Crippen LogP contribution in [-0.4, -0.2) is 24.3 Å². The average molecular weight is 363 g/mol. The van der Waals surface area contributed by atoms with E-state index in [1.54, 1.807) is 0 Å². The summed E-state index contributed by atoms with van der Waals surface area (Å²) < 4.78 is 5.92. The van der Waals surface area contributed by atoms with Crippen molar-refractivity contribution in [1.29, 1.82) is 0 Å². The predicted molar refractivity (Wildman–Crippen MR) is 103 cm³/mol. The number of aliphatic carboxylic acids is 1. The van der Waals surface area contributed by atoms with Gasteiger partial charge in [-0.05, 0) is 99.2 Å². The van der Waals surface area contributed by atoms with Gasteiger partial charge in [0.05, 0.1) is 12.0 Å². The number of carbonyl (C=O) groups is 1. The molecule has 0 aromatic rings. The van der Waals surface area contributed by atoms with Crippen molar-refractivity contribution in [1.82, 2.24) is 0 Å². The third kappa shape index (κ3) is 2.38. The lowest BCUT2D eigenvalue weighted by Gasteiger charge is -2.63. The van der Waals surface area contributed by atoms with E-state index in [-0.39, 0.29) is 5.41 Å². The second-order valence-electron chi connectivity index (χ2n) is 11.0. The Morgan fingerprint density at radius 3 is 2.54 bits per heavy atom. The van der Waals surface area contributed by atoms with Crippen molar-refractivity contribution in [2.24, 2.45) is 39.4 Å². The number of fused-ring (bicyclic) bond motifs is 3. The number of carboxylic acids is 1. The number of ether oxygens (including phenoxy) is 1. The van der Waals surface area contributed by atoms with E-state index in [9.17, 15) is 9.90 Å². The van der Waals surface area contributed by atoms with E-state index in [1.165, 1.54) is 38.5 Å².